The molecule has 1 aromatic heterocycles. The van der Waals surface area contributed by atoms with Gasteiger partial charge in [-0.2, -0.15) is 13.2 Å². The van der Waals surface area contributed by atoms with Crippen LogP contribution in [0, 0.1) is 32.6 Å². The molecule has 3 rings (SSSR count). The molecule has 0 aliphatic rings. The van der Waals surface area contributed by atoms with Gasteiger partial charge < -0.3 is 11.1 Å². The summed E-state index contributed by atoms with van der Waals surface area (Å²) in [6.07, 6.45) is -2.80. The van der Waals surface area contributed by atoms with E-state index in [1.54, 1.807) is 12.3 Å². The van der Waals surface area contributed by atoms with E-state index >= 15 is 0 Å². The zero-order valence-electron chi connectivity index (χ0n) is 17.5. The van der Waals surface area contributed by atoms with Crippen LogP contribution in [-0.4, -0.2) is 4.98 Å². The van der Waals surface area contributed by atoms with Gasteiger partial charge in [0.1, 0.15) is 5.82 Å². The minimum atomic E-state index is -4.41. The number of nitrogens with one attached hydrogen (secondary N) is 1. The van der Waals surface area contributed by atoms with Gasteiger partial charge in [0.25, 0.3) is 0 Å². The number of nitrogens with two attached hydrogens (primary N) is 1. The number of alkyl halides is 3. The summed E-state index contributed by atoms with van der Waals surface area (Å²) in [5.41, 5.74) is 10.1. The number of hydrogen-bond acceptors (Lipinski definition) is 3. The third-order valence-electron chi connectivity index (χ3n) is 4.88. The fraction of sp³-hybridized carbons (Fsp3) is 0.160. The average molecular weight is 421 g/mol. The number of nitrogen functional groups attached to an aromatic ring is 1. The fourth-order valence-corrected chi connectivity index (χ4v) is 2.99. The van der Waals surface area contributed by atoms with Gasteiger partial charge in [-0.3, -0.25) is 0 Å². The number of rotatable bonds is 3. The van der Waals surface area contributed by atoms with Gasteiger partial charge in [-0.15, -0.1) is 0 Å². The SMILES string of the molecule is C=C(Nc1ccc(C)c(C(F)(F)F)c1)c1ccc(C)c(C#Cc2cnc(N)c(C)c2)c1. The van der Waals surface area contributed by atoms with Crippen LogP contribution >= 0.6 is 0 Å². The third-order valence-corrected chi connectivity index (χ3v) is 4.88. The van der Waals surface area contributed by atoms with E-state index in [4.69, 9.17) is 5.73 Å². The van der Waals surface area contributed by atoms with E-state index in [9.17, 15) is 13.2 Å². The van der Waals surface area contributed by atoms with E-state index in [1.807, 2.05) is 38.1 Å². The number of halogens is 3. The van der Waals surface area contributed by atoms with Crippen molar-refractivity contribution >= 4 is 17.2 Å². The molecule has 1 heterocycles. The van der Waals surface area contributed by atoms with Gasteiger partial charge in [0.2, 0.25) is 0 Å². The molecule has 0 bridgehead atoms. The number of aryl methyl sites for hydroxylation is 3. The Hall–Kier alpha value is -3.72. The van der Waals surface area contributed by atoms with E-state index in [0.29, 0.717) is 17.2 Å². The first kappa shape index (κ1) is 22.0. The Kier molecular flexibility index (Phi) is 6.07. The molecular weight excluding hydrogens is 399 g/mol. The van der Waals surface area contributed by atoms with Crippen LogP contribution in [0.25, 0.3) is 5.70 Å². The monoisotopic (exact) mass is 421 g/mol. The molecule has 0 amide bonds. The molecule has 3 aromatic rings. The van der Waals surface area contributed by atoms with Crippen molar-refractivity contribution < 1.29 is 13.2 Å². The van der Waals surface area contributed by atoms with Crippen molar-refractivity contribution in [1.82, 2.24) is 4.98 Å². The molecule has 0 atom stereocenters. The largest absolute Gasteiger partial charge is 0.416 e. The Morgan fingerprint density at radius 2 is 1.68 bits per heavy atom. The molecule has 0 saturated heterocycles. The van der Waals surface area contributed by atoms with Gasteiger partial charge in [0.05, 0.1) is 5.56 Å². The van der Waals surface area contributed by atoms with Crippen LogP contribution in [-0.2, 0) is 6.18 Å². The topological polar surface area (TPSA) is 50.9 Å². The van der Waals surface area contributed by atoms with Crippen molar-refractivity contribution in [3.8, 4) is 11.8 Å². The second-order valence-electron chi connectivity index (χ2n) is 7.34. The molecule has 0 spiro atoms. The van der Waals surface area contributed by atoms with Gasteiger partial charge in [-0.05, 0) is 67.3 Å². The summed E-state index contributed by atoms with van der Waals surface area (Å²) in [4.78, 5) is 4.11. The van der Waals surface area contributed by atoms with Crippen LogP contribution in [0.15, 0.2) is 55.2 Å². The van der Waals surface area contributed by atoms with Crippen molar-refractivity contribution in [2.24, 2.45) is 0 Å². The molecule has 0 fully saturated rings. The van der Waals surface area contributed by atoms with Gasteiger partial charge in [0, 0.05) is 28.7 Å². The van der Waals surface area contributed by atoms with Crippen LogP contribution in [0.3, 0.4) is 0 Å². The van der Waals surface area contributed by atoms with E-state index in [1.165, 1.54) is 13.0 Å². The van der Waals surface area contributed by atoms with Crippen molar-refractivity contribution in [1.29, 1.82) is 0 Å². The van der Waals surface area contributed by atoms with E-state index in [0.717, 1.165) is 33.9 Å². The molecule has 0 saturated carbocycles. The zero-order chi connectivity index (χ0) is 22.8. The highest BCUT2D eigenvalue weighted by Crippen LogP contribution is 2.34. The van der Waals surface area contributed by atoms with Gasteiger partial charge in [0.15, 0.2) is 0 Å². The second kappa shape index (κ2) is 8.57. The molecule has 2 aromatic carbocycles. The average Bonchev–Trinajstić information content (AvgIpc) is 2.70. The first-order valence-corrected chi connectivity index (χ1v) is 9.53. The lowest BCUT2D eigenvalue weighted by molar-refractivity contribution is -0.138. The van der Waals surface area contributed by atoms with E-state index in [-0.39, 0.29) is 5.56 Å². The number of anilines is 2. The Labute approximate surface area is 179 Å². The summed E-state index contributed by atoms with van der Waals surface area (Å²) in [5.74, 6) is 6.66. The molecule has 0 unspecified atom stereocenters. The highest BCUT2D eigenvalue weighted by atomic mass is 19.4. The maximum atomic E-state index is 13.2. The second-order valence-corrected chi connectivity index (χ2v) is 7.34. The molecular formula is C25H22F3N3. The molecule has 158 valence electrons. The Morgan fingerprint density at radius 1 is 0.968 bits per heavy atom. The zero-order valence-corrected chi connectivity index (χ0v) is 17.5. The van der Waals surface area contributed by atoms with Crippen molar-refractivity contribution in [2.75, 3.05) is 11.1 Å². The van der Waals surface area contributed by atoms with Crippen LogP contribution in [0.5, 0.6) is 0 Å². The lowest BCUT2D eigenvalue weighted by Crippen LogP contribution is -2.08. The van der Waals surface area contributed by atoms with Crippen molar-refractivity contribution in [2.45, 2.75) is 26.9 Å². The number of hydrogen-bond donors (Lipinski definition) is 2. The highest BCUT2D eigenvalue weighted by Gasteiger charge is 2.32. The van der Waals surface area contributed by atoms with Crippen LogP contribution in [0.4, 0.5) is 24.7 Å². The number of benzene rings is 2. The molecule has 6 heteroatoms. The lowest BCUT2D eigenvalue weighted by Gasteiger charge is -2.15. The predicted octanol–water partition coefficient (Wildman–Crippen LogP) is 6.09. The van der Waals surface area contributed by atoms with Crippen LogP contribution in [0.2, 0.25) is 0 Å². The number of nitrogens with zero attached hydrogens (tertiary/aromatic N) is 1. The van der Waals surface area contributed by atoms with Gasteiger partial charge >= 0.3 is 6.18 Å². The molecule has 0 radical (unpaired) electrons. The summed E-state index contributed by atoms with van der Waals surface area (Å²) < 4.78 is 39.5. The normalized spacial score (nSPS) is 10.9. The summed E-state index contributed by atoms with van der Waals surface area (Å²) in [7, 11) is 0. The minimum absolute atomic E-state index is 0.170. The highest BCUT2D eigenvalue weighted by molar-refractivity contribution is 5.76. The predicted molar refractivity (Wildman–Crippen MR) is 119 cm³/mol. The fourth-order valence-electron chi connectivity index (χ4n) is 2.99. The van der Waals surface area contributed by atoms with E-state index < -0.39 is 11.7 Å². The Morgan fingerprint density at radius 3 is 2.35 bits per heavy atom. The standard InChI is InChI=1S/C25H22F3N3/c1-15-5-8-21(12-20(15)9-7-19-11-17(3)24(29)30-14-19)18(4)31-22-10-6-16(2)23(13-22)25(26,27)28/h5-6,8,10-14,31H,4H2,1-3H3,(H2,29,30). The smallest absolute Gasteiger partial charge is 0.383 e. The first-order valence-electron chi connectivity index (χ1n) is 9.53. The quantitative estimate of drug-likeness (QED) is 0.503. The maximum absolute atomic E-state index is 13.2. The Balaban J connectivity index is 1.86. The minimum Gasteiger partial charge on any atom is -0.383 e. The number of pyridine rings is 1. The van der Waals surface area contributed by atoms with Crippen LogP contribution < -0.4 is 11.1 Å². The summed E-state index contributed by atoms with van der Waals surface area (Å²) in [6, 6.07) is 11.6. The van der Waals surface area contributed by atoms with Gasteiger partial charge in [-0.25, -0.2) is 4.98 Å². The van der Waals surface area contributed by atoms with Crippen molar-refractivity contribution in [3.05, 3.63) is 94.2 Å². The van der Waals surface area contributed by atoms with E-state index in [2.05, 4.69) is 28.7 Å². The van der Waals surface area contributed by atoms with Crippen LogP contribution in [0.1, 0.15) is 38.9 Å². The Bertz CT molecular complexity index is 1210. The molecule has 31 heavy (non-hydrogen) atoms. The van der Waals surface area contributed by atoms with Crippen molar-refractivity contribution in [3.63, 3.8) is 0 Å². The third kappa shape index (κ3) is 5.26. The first-order chi connectivity index (χ1) is 14.5. The van der Waals surface area contributed by atoms with Gasteiger partial charge in [-0.1, -0.05) is 36.6 Å². The molecule has 0 aliphatic heterocycles. The summed E-state index contributed by atoms with van der Waals surface area (Å²) in [6.45, 7) is 9.22. The molecule has 0 aliphatic carbocycles. The summed E-state index contributed by atoms with van der Waals surface area (Å²) in [5, 5.41) is 2.97. The molecule has 3 N–H and O–H groups in total. The molecule has 3 nitrogen and oxygen atoms in total. The summed E-state index contributed by atoms with van der Waals surface area (Å²) >= 11 is 0. The lowest BCUT2D eigenvalue weighted by atomic mass is 10.0. The number of aromatic nitrogens is 1. The maximum Gasteiger partial charge on any atom is 0.416 e.